The Bertz CT molecular complexity index is 1800. The molecular formula is C38H57ClN10O2. The lowest BCUT2D eigenvalue weighted by molar-refractivity contribution is 0.0927. The fraction of sp³-hybridized carbons (Fsp3) is 0.579. The van der Waals surface area contributed by atoms with Gasteiger partial charge in [0.15, 0.2) is 11.3 Å². The number of fused-ring (bicyclic) bond motifs is 2. The number of likely N-dealkylation sites (tertiary alicyclic amines) is 2. The molecule has 0 spiro atoms. The maximum atomic E-state index is 12.7. The Hall–Kier alpha value is -3.87. The Labute approximate surface area is 307 Å². The highest BCUT2D eigenvalue weighted by molar-refractivity contribution is 6.33. The van der Waals surface area contributed by atoms with Gasteiger partial charge in [0.2, 0.25) is 0 Å². The van der Waals surface area contributed by atoms with Crippen molar-refractivity contribution in [3.63, 3.8) is 0 Å². The van der Waals surface area contributed by atoms with Gasteiger partial charge in [-0.25, -0.2) is 9.97 Å². The van der Waals surface area contributed by atoms with Gasteiger partial charge in [-0.2, -0.15) is 0 Å². The number of piperidine rings is 2. The van der Waals surface area contributed by atoms with Crippen molar-refractivity contribution in [2.24, 2.45) is 23.7 Å². The van der Waals surface area contributed by atoms with E-state index in [4.69, 9.17) is 23.1 Å². The van der Waals surface area contributed by atoms with Crippen molar-refractivity contribution in [2.45, 2.75) is 67.2 Å². The molecule has 2 fully saturated rings. The van der Waals surface area contributed by atoms with Gasteiger partial charge >= 0.3 is 0 Å². The molecule has 0 bridgehead atoms. The number of imidazole rings is 2. The number of halogens is 1. The summed E-state index contributed by atoms with van der Waals surface area (Å²) >= 11 is 6.19. The first-order valence-electron chi connectivity index (χ1n) is 18.5. The Morgan fingerprint density at radius 3 is 1.71 bits per heavy atom. The van der Waals surface area contributed by atoms with Gasteiger partial charge in [0.25, 0.3) is 11.8 Å². The number of hydrogen-bond acceptors (Lipinski definition) is 8. The topological polar surface area (TPSA) is 151 Å². The van der Waals surface area contributed by atoms with Crippen LogP contribution in [0.4, 0.5) is 11.6 Å². The fourth-order valence-corrected chi connectivity index (χ4v) is 7.45. The smallest absolute Gasteiger partial charge is 0.255 e. The zero-order valence-corrected chi connectivity index (χ0v) is 32.0. The molecule has 0 saturated carbocycles. The summed E-state index contributed by atoms with van der Waals surface area (Å²) in [5.41, 5.74) is 15.8. The first-order chi connectivity index (χ1) is 24.3. The average Bonchev–Trinajstić information content (AvgIpc) is 3.68. The first kappa shape index (κ1) is 38.4. The summed E-state index contributed by atoms with van der Waals surface area (Å²) in [4.78, 5) is 39.2. The molecule has 0 aliphatic carbocycles. The van der Waals surface area contributed by atoms with Crippen LogP contribution in [0.1, 0.15) is 85.5 Å². The van der Waals surface area contributed by atoms with Gasteiger partial charge < -0.3 is 31.9 Å². The molecule has 2 aliphatic rings. The maximum absolute atomic E-state index is 12.7. The molecule has 0 atom stereocenters. The van der Waals surface area contributed by atoms with Crippen molar-refractivity contribution in [3.8, 4) is 0 Å². The van der Waals surface area contributed by atoms with Gasteiger partial charge in [-0.3, -0.25) is 18.4 Å². The van der Waals surface area contributed by atoms with Gasteiger partial charge in [-0.1, -0.05) is 39.3 Å². The van der Waals surface area contributed by atoms with Gasteiger partial charge in [-0.15, -0.1) is 0 Å². The first-order valence-corrected chi connectivity index (χ1v) is 18.9. The molecule has 51 heavy (non-hydrogen) atoms. The minimum Gasteiger partial charge on any atom is -0.385 e. The summed E-state index contributed by atoms with van der Waals surface area (Å²) in [5.74, 6) is 3.25. The third-order valence-electron chi connectivity index (χ3n) is 9.86. The van der Waals surface area contributed by atoms with Crippen LogP contribution in [0.25, 0.3) is 11.3 Å². The van der Waals surface area contributed by atoms with Crippen LogP contribution in [0.5, 0.6) is 0 Å². The summed E-state index contributed by atoms with van der Waals surface area (Å²) in [5, 5.41) is 6.52. The number of carbonyl (C=O) groups is 2. The number of rotatable bonds is 10. The van der Waals surface area contributed by atoms with Crippen molar-refractivity contribution < 1.29 is 9.59 Å². The van der Waals surface area contributed by atoms with Gasteiger partial charge in [-0.05, 0) is 108 Å². The summed E-state index contributed by atoms with van der Waals surface area (Å²) < 4.78 is 3.45. The fourth-order valence-electron chi connectivity index (χ4n) is 7.25. The van der Waals surface area contributed by atoms with Gasteiger partial charge in [0, 0.05) is 38.6 Å². The van der Waals surface area contributed by atoms with Crippen molar-refractivity contribution >= 4 is 46.3 Å². The van der Waals surface area contributed by atoms with Crippen LogP contribution in [-0.2, 0) is 0 Å². The van der Waals surface area contributed by atoms with E-state index in [-0.39, 0.29) is 11.8 Å². The molecule has 0 aromatic carbocycles. The van der Waals surface area contributed by atoms with Crippen molar-refractivity contribution in [2.75, 3.05) is 63.8 Å². The van der Waals surface area contributed by atoms with E-state index < -0.39 is 0 Å². The molecule has 13 heteroatoms. The predicted molar refractivity (Wildman–Crippen MR) is 206 cm³/mol. The van der Waals surface area contributed by atoms with E-state index in [9.17, 15) is 9.59 Å². The summed E-state index contributed by atoms with van der Waals surface area (Å²) in [6.07, 6.45) is 8.17. The number of aromatic nitrogens is 4. The Balaban J connectivity index is 0.000000198. The van der Waals surface area contributed by atoms with Gasteiger partial charge in [0.05, 0.1) is 27.5 Å². The summed E-state index contributed by atoms with van der Waals surface area (Å²) in [6, 6.07) is 5.13. The number of carbonyl (C=O) groups excluding carboxylic acids is 2. The van der Waals surface area contributed by atoms with Crippen LogP contribution in [0.15, 0.2) is 30.6 Å². The normalized spacial score (nSPS) is 16.6. The van der Waals surface area contributed by atoms with Gasteiger partial charge in [0.1, 0.15) is 11.6 Å². The molecule has 2 saturated heterocycles. The second-order valence-corrected chi connectivity index (χ2v) is 15.7. The lowest BCUT2D eigenvalue weighted by Gasteiger charge is -2.33. The molecule has 6 N–H and O–H groups in total. The number of nitrogens with two attached hydrogens (primary N) is 2. The highest BCUT2D eigenvalue weighted by Crippen LogP contribution is 2.25. The van der Waals surface area contributed by atoms with E-state index >= 15 is 0 Å². The molecule has 2 amide bonds. The van der Waals surface area contributed by atoms with Crippen LogP contribution in [0.2, 0.25) is 5.02 Å². The maximum Gasteiger partial charge on any atom is 0.255 e. The Morgan fingerprint density at radius 2 is 1.22 bits per heavy atom. The van der Waals surface area contributed by atoms with Crippen LogP contribution in [0, 0.1) is 37.5 Å². The molecule has 6 heterocycles. The number of anilines is 2. The summed E-state index contributed by atoms with van der Waals surface area (Å²) in [7, 11) is 0. The van der Waals surface area contributed by atoms with E-state index in [2.05, 4.69) is 58.1 Å². The summed E-state index contributed by atoms with van der Waals surface area (Å²) in [6.45, 7) is 21.0. The van der Waals surface area contributed by atoms with Crippen LogP contribution in [-0.4, -0.2) is 92.7 Å². The van der Waals surface area contributed by atoms with Crippen LogP contribution >= 0.6 is 11.6 Å². The minimum atomic E-state index is -0.146. The second kappa shape index (κ2) is 17.1. The van der Waals surface area contributed by atoms with E-state index in [0.29, 0.717) is 69.3 Å². The zero-order valence-electron chi connectivity index (χ0n) is 31.2. The van der Waals surface area contributed by atoms with E-state index in [0.717, 1.165) is 76.3 Å². The number of nitrogens with zero attached hydrogens (tertiary/aromatic N) is 6. The molecule has 0 radical (unpaired) electrons. The number of nitrogens with one attached hydrogen (secondary N) is 2. The van der Waals surface area contributed by atoms with Crippen LogP contribution in [0.3, 0.4) is 0 Å². The molecule has 4 aromatic rings. The van der Waals surface area contributed by atoms with E-state index in [1.807, 2.05) is 20.0 Å². The van der Waals surface area contributed by atoms with Crippen molar-refractivity contribution in [3.05, 3.63) is 58.1 Å². The second-order valence-electron chi connectivity index (χ2n) is 15.3. The number of amides is 2. The zero-order chi connectivity index (χ0) is 36.8. The Morgan fingerprint density at radius 1 is 0.765 bits per heavy atom. The van der Waals surface area contributed by atoms with Crippen molar-refractivity contribution in [1.29, 1.82) is 0 Å². The number of hydrogen-bond donors (Lipinski definition) is 4. The third-order valence-corrected chi connectivity index (χ3v) is 10.2. The highest BCUT2D eigenvalue weighted by atomic mass is 35.5. The molecule has 278 valence electrons. The minimum absolute atomic E-state index is 0.0692. The monoisotopic (exact) mass is 720 g/mol. The van der Waals surface area contributed by atoms with E-state index in [1.54, 1.807) is 33.2 Å². The van der Waals surface area contributed by atoms with E-state index in [1.165, 1.54) is 6.54 Å². The SMILES string of the molecule is Cc1cn2c(N)c(Cl)cc(C(=O)NCC3CCN(CC(C)C)CC3)c2n1.Cc1cn2c(N)ccc(C(=O)NCC3CCN(CC(C)C)CC3)c2n1. The lowest BCUT2D eigenvalue weighted by Crippen LogP contribution is -2.40. The number of pyridine rings is 2. The molecule has 12 nitrogen and oxygen atoms in total. The van der Waals surface area contributed by atoms with Crippen LogP contribution < -0.4 is 22.1 Å². The Kier molecular flexibility index (Phi) is 12.9. The molecule has 6 rings (SSSR count). The molecule has 4 aromatic heterocycles. The third kappa shape index (κ3) is 9.93. The predicted octanol–water partition coefficient (Wildman–Crippen LogP) is 5.30. The van der Waals surface area contributed by atoms with Crippen molar-refractivity contribution in [1.82, 2.24) is 39.2 Å². The average molecular weight is 721 g/mol. The highest BCUT2D eigenvalue weighted by Gasteiger charge is 2.23. The standard InChI is InChI=1S/C19H28ClN5O.C19H29N5O/c1-12(2)10-24-6-4-14(5-7-24)9-22-19(26)15-8-16(20)17(21)25-11-13(3)23-18(15)25;1-13(2)11-23-8-6-15(7-9-23)10-21-19(25)16-4-5-17(20)24-12-14(3)22-18(16)24/h8,11-12,14H,4-7,9-10,21H2,1-3H3,(H,22,26);4-5,12-13,15H,6-11,20H2,1-3H3,(H,21,25). The number of aryl methyl sites for hydroxylation is 2. The number of nitrogen functional groups attached to an aromatic ring is 2. The largest absolute Gasteiger partial charge is 0.385 e. The quantitative estimate of drug-likeness (QED) is 0.172. The lowest BCUT2D eigenvalue weighted by atomic mass is 9.96. The molecule has 0 unspecified atom stereocenters. The molecule has 2 aliphatic heterocycles. The molecular weight excluding hydrogens is 664 g/mol.